The summed E-state index contributed by atoms with van der Waals surface area (Å²) in [5, 5.41) is 6.56. The molecule has 1 aromatic carbocycles. The average Bonchev–Trinajstić information content (AvgIpc) is 2.85. The lowest BCUT2D eigenvalue weighted by atomic mass is 9.93. The molecule has 2 fully saturated rings. The van der Waals surface area contributed by atoms with Crippen molar-refractivity contribution in [2.24, 2.45) is 5.92 Å². The number of hydrogen-bond acceptors (Lipinski definition) is 6. The molecule has 0 radical (unpaired) electrons. The normalized spacial score (nSPS) is 19.9. The number of carbonyl (C=O) groups is 1. The quantitative estimate of drug-likeness (QED) is 0.607. The van der Waals surface area contributed by atoms with Gasteiger partial charge in [-0.15, -0.1) is 0 Å². The molecule has 4 rings (SSSR count). The van der Waals surface area contributed by atoms with Crippen LogP contribution in [0, 0.1) is 5.92 Å². The molecule has 0 saturated carbocycles. The first-order chi connectivity index (χ1) is 16.2. The summed E-state index contributed by atoms with van der Waals surface area (Å²) in [4.78, 5) is 26.2. The average molecular weight is 451 g/mol. The Hall–Kier alpha value is -2.67. The van der Waals surface area contributed by atoms with Gasteiger partial charge in [0.1, 0.15) is 18.0 Å². The lowest BCUT2D eigenvalue weighted by molar-refractivity contribution is -0.122. The van der Waals surface area contributed by atoms with Crippen LogP contribution in [-0.2, 0) is 11.3 Å². The summed E-state index contributed by atoms with van der Waals surface area (Å²) in [6.45, 7) is 8.00. The van der Waals surface area contributed by atoms with E-state index < -0.39 is 0 Å². The van der Waals surface area contributed by atoms with Gasteiger partial charge in [0.05, 0.1) is 0 Å². The van der Waals surface area contributed by atoms with Crippen molar-refractivity contribution in [2.75, 3.05) is 42.9 Å². The Morgan fingerprint density at radius 3 is 2.70 bits per heavy atom. The minimum atomic E-state index is 0.213. The van der Waals surface area contributed by atoms with E-state index in [1.165, 1.54) is 12.0 Å². The zero-order valence-electron chi connectivity index (χ0n) is 19.9. The van der Waals surface area contributed by atoms with Crippen molar-refractivity contribution in [3.8, 4) is 0 Å². The molecule has 2 aliphatic heterocycles. The lowest BCUT2D eigenvalue weighted by Crippen LogP contribution is -2.44. The Balaban J connectivity index is 1.17. The Kier molecular flexibility index (Phi) is 8.53. The van der Waals surface area contributed by atoms with Gasteiger partial charge in [0.15, 0.2) is 0 Å². The van der Waals surface area contributed by atoms with E-state index in [0.717, 1.165) is 76.6 Å². The van der Waals surface area contributed by atoms with E-state index in [4.69, 9.17) is 0 Å². The van der Waals surface area contributed by atoms with E-state index in [0.29, 0.717) is 18.4 Å². The number of anilines is 2. The van der Waals surface area contributed by atoms with Crippen molar-refractivity contribution in [3.05, 3.63) is 48.3 Å². The summed E-state index contributed by atoms with van der Waals surface area (Å²) < 4.78 is 0. The molecule has 2 aromatic rings. The molecule has 0 spiro atoms. The largest absolute Gasteiger partial charge is 0.370 e. The van der Waals surface area contributed by atoms with Gasteiger partial charge in [-0.2, -0.15) is 0 Å². The van der Waals surface area contributed by atoms with E-state index in [1.807, 2.05) is 6.07 Å². The smallest absolute Gasteiger partial charge is 0.220 e. The highest BCUT2D eigenvalue weighted by molar-refractivity contribution is 5.76. The van der Waals surface area contributed by atoms with Gasteiger partial charge in [0.25, 0.3) is 0 Å². The van der Waals surface area contributed by atoms with Gasteiger partial charge in [-0.05, 0) is 50.5 Å². The summed E-state index contributed by atoms with van der Waals surface area (Å²) in [5.41, 5.74) is 1.36. The molecule has 2 saturated heterocycles. The van der Waals surface area contributed by atoms with E-state index >= 15 is 0 Å². The maximum absolute atomic E-state index is 12.6. The number of benzene rings is 1. The Morgan fingerprint density at radius 1 is 1.09 bits per heavy atom. The van der Waals surface area contributed by atoms with Crippen molar-refractivity contribution in [2.45, 2.75) is 58.0 Å². The number of carbonyl (C=O) groups excluding carboxylic acids is 1. The van der Waals surface area contributed by atoms with Gasteiger partial charge in [-0.3, -0.25) is 9.69 Å². The lowest BCUT2D eigenvalue weighted by Gasteiger charge is -2.34. The fraction of sp³-hybridized carbons (Fsp3) is 0.577. The van der Waals surface area contributed by atoms with Gasteiger partial charge < -0.3 is 15.5 Å². The number of likely N-dealkylation sites (tertiary alicyclic amines) is 1. The third-order valence-electron chi connectivity index (χ3n) is 6.83. The predicted octanol–water partition coefficient (Wildman–Crippen LogP) is 3.69. The summed E-state index contributed by atoms with van der Waals surface area (Å²) in [6.07, 6.45) is 7.61. The number of hydrogen-bond donors (Lipinski definition) is 2. The molecule has 0 bridgehead atoms. The van der Waals surface area contributed by atoms with Crippen molar-refractivity contribution < 1.29 is 4.79 Å². The minimum absolute atomic E-state index is 0.213. The van der Waals surface area contributed by atoms with Crippen molar-refractivity contribution in [1.29, 1.82) is 0 Å². The van der Waals surface area contributed by atoms with Gasteiger partial charge >= 0.3 is 0 Å². The topological polar surface area (TPSA) is 73.4 Å². The molecule has 2 aliphatic rings. The second-order valence-electron chi connectivity index (χ2n) is 9.39. The molecule has 1 atom stereocenters. The molecule has 2 N–H and O–H groups in total. The summed E-state index contributed by atoms with van der Waals surface area (Å²) in [5.74, 6) is 2.61. The first kappa shape index (κ1) is 23.5. The fourth-order valence-corrected chi connectivity index (χ4v) is 5.02. The number of rotatable bonds is 9. The summed E-state index contributed by atoms with van der Waals surface area (Å²) in [6, 6.07) is 13.0. The van der Waals surface area contributed by atoms with E-state index in [2.05, 4.69) is 67.7 Å². The molecule has 3 heterocycles. The maximum Gasteiger partial charge on any atom is 0.220 e. The van der Waals surface area contributed by atoms with Crippen LogP contribution >= 0.6 is 0 Å². The van der Waals surface area contributed by atoms with Crippen LogP contribution in [0.25, 0.3) is 0 Å². The van der Waals surface area contributed by atoms with Crippen LogP contribution in [0.2, 0.25) is 0 Å². The van der Waals surface area contributed by atoms with Crippen LogP contribution in [0.15, 0.2) is 42.7 Å². The first-order valence-electron chi connectivity index (χ1n) is 12.6. The van der Waals surface area contributed by atoms with Crippen molar-refractivity contribution >= 4 is 17.5 Å². The second-order valence-corrected chi connectivity index (χ2v) is 9.39. The molecule has 0 aliphatic carbocycles. The standard InChI is InChI=1S/C26H38N6O/c1-2-27-24-17-25(29-20-28-24)32-14-6-9-22(19-32)10-11-26(33)30-23-12-15-31(16-13-23)18-21-7-4-3-5-8-21/h3-5,7-8,17,20,22-23H,2,6,9-16,18-19H2,1H3,(H,30,33)(H,27,28,29)/t22-/m0/s1. The third-order valence-corrected chi connectivity index (χ3v) is 6.83. The van der Waals surface area contributed by atoms with Gasteiger partial charge in [0, 0.05) is 57.8 Å². The number of nitrogens with one attached hydrogen (secondary N) is 2. The molecule has 1 aromatic heterocycles. The highest BCUT2D eigenvalue weighted by Crippen LogP contribution is 2.25. The highest BCUT2D eigenvalue weighted by Gasteiger charge is 2.24. The van der Waals surface area contributed by atoms with Crippen LogP contribution in [0.1, 0.15) is 51.0 Å². The predicted molar refractivity (Wildman–Crippen MR) is 133 cm³/mol. The third kappa shape index (κ3) is 7.16. The zero-order chi connectivity index (χ0) is 22.9. The van der Waals surface area contributed by atoms with Crippen LogP contribution in [-0.4, -0.2) is 59.5 Å². The van der Waals surface area contributed by atoms with Crippen molar-refractivity contribution in [1.82, 2.24) is 20.2 Å². The van der Waals surface area contributed by atoms with Crippen LogP contribution in [0.5, 0.6) is 0 Å². The summed E-state index contributed by atoms with van der Waals surface area (Å²) >= 11 is 0. The first-order valence-corrected chi connectivity index (χ1v) is 12.6. The van der Waals surface area contributed by atoms with E-state index in [-0.39, 0.29) is 5.91 Å². The van der Waals surface area contributed by atoms with E-state index in [1.54, 1.807) is 6.33 Å². The van der Waals surface area contributed by atoms with Crippen LogP contribution < -0.4 is 15.5 Å². The van der Waals surface area contributed by atoms with E-state index in [9.17, 15) is 4.79 Å². The number of amides is 1. The second kappa shape index (κ2) is 12.0. The number of nitrogens with zero attached hydrogens (tertiary/aromatic N) is 4. The highest BCUT2D eigenvalue weighted by atomic mass is 16.1. The Morgan fingerprint density at radius 2 is 1.91 bits per heavy atom. The molecular weight excluding hydrogens is 412 g/mol. The molecule has 1 amide bonds. The number of aromatic nitrogens is 2. The van der Waals surface area contributed by atoms with Crippen LogP contribution in [0.4, 0.5) is 11.6 Å². The van der Waals surface area contributed by atoms with Gasteiger partial charge in [-0.25, -0.2) is 9.97 Å². The summed E-state index contributed by atoms with van der Waals surface area (Å²) in [7, 11) is 0. The Bertz CT molecular complexity index is 868. The van der Waals surface area contributed by atoms with Gasteiger partial charge in [0.2, 0.25) is 5.91 Å². The maximum atomic E-state index is 12.6. The molecule has 178 valence electrons. The van der Waals surface area contributed by atoms with Crippen LogP contribution in [0.3, 0.4) is 0 Å². The number of piperidine rings is 2. The Labute approximate surface area is 198 Å². The SMILES string of the molecule is CCNc1cc(N2CCC[C@@H](CCC(=O)NC3CCN(Cc4ccccc4)CC3)C2)ncn1. The minimum Gasteiger partial charge on any atom is -0.370 e. The molecule has 7 heteroatoms. The molecule has 7 nitrogen and oxygen atoms in total. The molecule has 33 heavy (non-hydrogen) atoms. The zero-order valence-corrected chi connectivity index (χ0v) is 19.9. The van der Waals surface area contributed by atoms with Crippen molar-refractivity contribution in [3.63, 3.8) is 0 Å². The molecular formula is C26H38N6O. The fourth-order valence-electron chi connectivity index (χ4n) is 5.02. The monoisotopic (exact) mass is 450 g/mol. The molecule has 0 unspecified atom stereocenters. The van der Waals surface area contributed by atoms with Gasteiger partial charge in [-0.1, -0.05) is 30.3 Å².